The maximum atomic E-state index is 12.4. The minimum absolute atomic E-state index is 0.0453. The summed E-state index contributed by atoms with van der Waals surface area (Å²) in [5.41, 5.74) is 3.62. The topological polar surface area (TPSA) is 90.1 Å². The minimum Gasteiger partial charge on any atom is -0.347 e. The molecule has 2 aromatic carbocycles. The summed E-state index contributed by atoms with van der Waals surface area (Å²) < 4.78 is 0. The van der Waals surface area contributed by atoms with Gasteiger partial charge in [-0.15, -0.1) is 0 Å². The van der Waals surface area contributed by atoms with Crippen molar-refractivity contribution in [1.29, 1.82) is 0 Å². The second kappa shape index (κ2) is 8.28. The number of aromatic amines is 1. The van der Waals surface area contributed by atoms with Crippen LogP contribution in [0.5, 0.6) is 0 Å². The Morgan fingerprint density at radius 2 is 2.00 bits per heavy atom. The van der Waals surface area contributed by atoms with Gasteiger partial charge in [-0.05, 0) is 48.6 Å². The normalized spacial score (nSPS) is 19.1. The molecule has 2 amide bonds. The molecule has 30 heavy (non-hydrogen) atoms. The monoisotopic (exact) mass is 405 g/mol. The average Bonchev–Trinajstić information content (AvgIpc) is 3.33. The van der Waals surface area contributed by atoms with E-state index in [-0.39, 0.29) is 5.41 Å². The first-order valence-electron chi connectivity index (χ1n) is 10.2. The van der Waals surface area contributed by atoms with Crippen molar-refractivity contribution in [1.82, 2.24) is 20.4 Å². The Balaban J connectivity index is 1.30. The molecule has 3 N–H and O–H groups in total. The van der Waals surface area contributed by atoms with Crippen LogP contribution in [0.15, 0.2) is 48.7 Å². The number of hydrogen-bond donors (Lipinski definition) is 3. The van der Waals surface area contributed by atoms with E-state index in [0.717, 1.165) is 42.5 Å². The van der Waals surface area contributed by atoms with Crippen molar-refractivity contribution in [2.45, 2.75) is 26.8 Å². The lowest BCUT2D eigenvalue weighted by atomic mass is 9.90. The van der Waals surface area contributed by atoms with Crippen molar-refractivity contribution in [3.8, 4) is 0 Å². The number of rotatable bonds is 5. The van der Waals surface area contributed by atoms with Crippen LogP contribution in [0.2, 0.25) is 0 Å². The maximum absolute atomic E-state index is 12.4. The summed E-state index contributed by atoms with van der Waals surface area (Å²) in [6.07, 6.45) is 2.67. The van der Waals surface area contributed by atoms with Crippen LogP contribution >= 0.6 is 0 Å². The van der Waals surface area contributed by atoms with Gasteiger partial charge in [-0.3, -0.25) is 19.6 Å². The van der Waals surface area contributed by atoms with Crippen molar-refractivity contribution in [2.24, 2.45) is 5.41 Å². The number of nitrogens with zero attached hydrogens (tertiary/aromatic N) is 2. The van der Waals surface area contributed by atoms with Crippen molar-refractivity contribution >= 4 is 28.4 Å². The van der Waals surface area contributed by atoms with Crippen LogP contribution in [0, 0.1) is 12.3 Å². The van der Waals surface area contributed by atoms with Crippen LogP contribution in [0.4, 0.5) is 5.69 Å². The summed E-state index contributed by atoms with van der Waals surface area (Å²) in [7, 11) is 0. The molecule has 1 fully saturated rings. The van der Waals surface area contributed by atoms with Crippen LogP contribution in [0.1, 0.15) is 24.5 Å². The number of amides is 2. The molecule has 2 heterocycles. The minimum atomic E-state index is -0.649. The molecule has 1 atom stereocenters. The van der Waals surface area contributed by atoms with Gasteiger partial charge in [-0.2, -0.15) is 5.10 Å². The second-order valence-corrected chi connectivity index (χ2v) is 8.52. The first-order chi connectivity index (χ1) is 14.4. The lowest BCUT2D eigenvalue weighted by Gasteiger charge is -2.25. The number of aryl methyl sites for hydroxylation is 1. The molecule has 1 saturated heterocycles. The highest BCUT2D eigenvalue weighted by atomic mass is 16.2. The van der Waals surface area contributed by atoms with E-state index in [0.29, 0.717) is 12.2 Å². The fraction of sp³-hybridized carbons (Fsp3) is 0.348. The number of H-pyrrole nitrogens is 1. The summed E-state index contributed by atoms with van der Waals surface area (Å²) >= 11 is 0. The molecule has 3 aromatic rings. The summed E-state index contributed by atoms with van der Waals surface area (Å²) in [6, 6.07) is 14.1. The molecule has 1 aliphatic rings. The fourth-order valence-electron chi connectivity index (χ4n) is 4.03. The third-order valence-electron chi connectivity index (χ3n) is 5.80. The number of carbonyl (C=O) groups is 2. The standard InChI is InChI=1S/C23H27N5O2/c1-16-10-20-18(12-25-27-20)11-19(16)26-22(30)21(29)24-14-23(2)8-9-28(15-23)13-17-6-4-3-5-7-17/h3-7,10-12H,8-9,13-15H2,1-2H3,(H,24,29)(H,25,27)(H,26,30). The highest BCUT2D eigenvalue weighted by Crippen LogP contribution is 2.30. The Hall–Kier alpha value is -3.19. The van der Waals surface area contributed by atoms with E-state index >= 15 is 0 Å². The SMILES string of the molecule is Cc1cc2[nH]ncc2cc1NC(=O)C(=O)NCC1(C)CCN(Cc2ccccc2)C1. The van der Waals surface area contributed by atoms with Gasteiger partial charge in [0.25, 0.3) is 0 Å². The number of likely N-dealkylation sites (tertiary alicyclic amines) is 1. The van der Waals surface area contributed by atoms with Crippen molar-refractivity contribution in [2.75, 3.05) is 25.0 Å². The molecule has 4 rings (SSSR count). The summed E-state index contributed by atoms with van der Waals surface area (Å²) in [5, 5.41) is 13.3. The van der Waals surface area contributed by atoms with Gasteiger partial charge in [-0.25, -0.2) is 0 Å². The fourth-order valence-corrected chi connectivity index (χ4v) is 4.03. The number of carbonyl (C=O) groups excluding carboxylic acids is 2. The number of anilines is 1. The van der Waals surface area contributed by atoms with E-state index in [4.69, 9.17) is 0 Å². The van der Waals surface area contributed by atoms with Gasteiger partial charge >= 0.3 is 11.8 Å². The Morgan fingerprint density at radius 1 is 1.20 bits per heavy atom. The number of aromatic nitrogens is 2. The smallest absolute Gasteiger partial charge is 0.313 e. The Morgan fingerprint density at radius 3 is 2.80 bits per heavy atom. The molecule has 0 aliphatic carbocycles. The molecule has 7 nitrogen and oxygen atoms in total. The molecule has 1 aliphatic heterocycles. The molecule has 0 bridgehead atoms. The molecular weight excluding hydrogens is 378 g/mol. The molecule has 7 heteroatoms. The van der Waals surface area contributed by atoms with Gasteiger partial charge in [0.15, 0.2) is 0 Å². The van der Waals surface area contributed by atoms with Gasteiger partial charge in [0.1, 0.15) is 0 Å². The molecule has 156 valence electrons. The second-order valence-electron chi connectivity index (χ2n) is 8.52. The highest BCUT2D eigenvalue weighted by Gasteiger charge is 2.34. The zero-order valence-electron chi connectivity index (χ0n) is 17.4. The predicted molar refractivity (Wildman–Crippen MR) is 117 cm³/mol. The highest BCUT2D eigenvalue weighted by molar-refractivity contribution is 6.39. The Kier molecular flexibility index (Phi) is 5.55. The van der Waals surface area contributed by atoms with Crippen LogP contribution in [0.3, 0.4) is 0 Å². The first kappa shape index (κ1) is 20.1. The molecule has 0 radical (unpaired) electrons. The number of nitrogens with one attached hydrogen (secondary N) is 3. The number of benzene rings is 2. The van der Waals surface area contributed by atoms with Gasteiger partial charge in [0.05, 0.1) is 11.7 Å². The largest absolute Gasteiger partial charge is 0.347 e. The summed E-state index contributed by atoms with van der Waals surface area (Å²) in [5.74, 6) is -1.26. The van der Waals surface area contributed by atoms with Crippen molar-refractivity contribution < 1.29 is 9.59 Å². The van der Waals surface area contributed by atoms with Gasteiger partial charge in [0, 0.05) is 30.7 Å². The van der Waals surface area contributed by atoms with Crippen LogP contribution in [-0.4, -0.2) is 46.5 Å². The third kappa shape index (κ3) is 4.52. The molecule has 1 aromatic heterocycles. The van der Waals surface area contributed by atoms with Gasteiger partial charge < -0.3 is 10.6 Å². The average molecular weight is 406 g/mol. The van der Waals surface area contributed by atoms with E-state index < -0.39 is 11.8 Å². The number of fused-ring (bicyclic) bond motifs is 1. The third-order valence-corrected chi connectivity index (χ3v) is 5.80. The Bertz CT molecular complexity index is 1060. The zero-order valence-corrected chi connectivity index (χ0v) is 17.4. The number of hydrogen-bond acceptors (Lipinski definition) is 4. The molecular formula is C23H27N5O2. The van der Waals surface area contributed by atoms with Crippen LogP contribution in [0.25, 0.3) is 10.9 Å². The van der Waals surface area contributed by atoms with E-state index in [9.17, 15) is 9.59 Å². The quantitative estimate of drug-likeness (QED) is 0.570. The molecule has 0 spiro atoms. The summed E-state index contributed by atoms with van der Waals surface area (Å²) in [6.45, 7) is 7.30. The Labute approximate surface area is 175 Å². The lowest BCUT2D eigenvalue weighted by molar-refractivity contribution is -0.136. The summed E-state index contributed by atoms with van der Waals surface area (Å²) in [4.78, 5) is 27.2. The predicted octanol–water partition coefficient (Wildman–Crippen LogP) is 2.84. The first-order valence-corrected chi connectivity index (χ1v) is 10.2. The van der Waals surface area contributed by atoms with E-state index in [2.05, 4.69) is 56.9 Å². The lowest BCUT2D eigenvalue weighted by Crippen LogP contribution is -2.42. The van der Waals surface area contributed by atoms with Gasteiger partial charge in [-0.1, -0.05) is 37.3 Å². The maximum Gasteiger partial charge on any atom is 0.313 e. The van der Waals surface area contributed by atoms with E-state index in [1.54, 1.807) is 6.20 Å². The van der Waals surface area contributed by atoms with Crippen LogP contribution < -0.4 is 10.6 Å². The van der Waals surface area contributed by atoms with Crippen molar-refractivity contribution in [3.05, 3.63) is 59.8 Å². The zero-order chi connectivity index (χ0) is 21.1. The van der Waals surface area contributed by atoms with E-state index in [1.807, 2.05) is 25.1 Å². The molecule has 0 saturated carbocycles. The van der Waals surface area contributed by atoms with Crippen molar-refractivity contribution in [3.63, 3.8) is 0 Å². The van der Waals surface area contributed by atoms with E-state index in [1.165, 1.54) is 5.56 Å². The van der Waals surface area contributed by atoms with Crippen LogP contribution in [-0.2, 0) is 16.1 Å². The van der Waals surface area contributed by atoms with Gasteiger partial charge in [0.2, 0.25) is 0 Å². The molecule has 1 unspecified atom stereocenters.